The minimum atomic E-state index is -0.718. The fourth-order valence-corrected chi connectivity index (χ4v) is 1.01. The van der Waals surface area contributed by atoms with Gasteiger partial charge in [-0.3, -0.25) is 14.8 Å². The summed E-state index contributed by atoms with van der Waals surface area (Å²) in [6.45, 7) is 0.397. The van der Waals surface area contributed by atoms with E-state index in [0.717, 1.165) is 6.20 Å². The molecule has 15 heavy (non-hydrogen) atoms. The molecule has 1 rings (SSSR count). The molecule has 0 bridgehead atoms. The lowest BCUT2D eigenvalue weighted by atomic mass is 10.3. The topological polar surface area (TPSA) is 102 Å². The first-order valence-corrected chi connectivity index (χ1v) is 4.24. The molecule has 0 aliphatic rings. The predicted octanol–water partition coefficient (Wildman–Crippen LogP) is -0.697. The molecule has 0 fully saturated rings. The lowest BCUT2D eigenvalue weighted by molar-refractivity contribution is -0.385. The van der Waals surface area contributed by atoms with Crippen LogP contribution in [0, 0.1) is 10.1 Å². The number of hydrogen-bond acceptors (Lipinski definition) is 6. The fraction of sp³-hybridized carbons (Fsp3) is 0.571. The van der Waals surface area contributed by atoms with E-state index in [1.165, 1.54) is 18.0 Å². The van der Waals surface area contributed by atoms with E-state index in [0.29, 0.717) is 0 Å². The van der Waals surface area contributed by atoms with Gasteiger partial charge in [-0.2, -0.15) is 5.10 Å². The van der Waals surface area contributed by atoms with E-state index < -0.39 is 11.0 Å². The molecule has 84 valence electrons. The van der Waals surface area contributed by atoms with Gasteiger partial charge in [0.1, 0.15) is 12.4 Å². The van der Waals surface area contributed by atoms with Crippen molar-refractivity contribution in [1.82, 2.24) is 15.3 Å². The first-order chi connectivity index (χ1) is 7.13. The minimum Gasteiger partial charge on any atom is -0.390 e. The van der Waals surface area contributed by atoms with Gasteiger partial charge in [-0.25, -0.2) is 5.48 Å². The van der Waals surface area contributed by atoms with Gasteiger partial charge in [0, 0.05) is 6.54 Å². The van der Waals surface area contributed by atoms with Crippen molar-refractivity contribution in [2.45, 2.75) is 12.6 Å². The molecule has 8 heteroatoms. The van der Waals surface area contributed by atoms with Crippen molar-refractivity contribution >= 4 is 5.69 Å². The van der Waals surface area contributed by atoms with Crippen LogP contribution in [0.4, 0.5) is 5.69 Å². The van der Waals surface area contributed by atoms with E-state index >= 15 is 0 Å². The number of nitrogens with one attached hydrogen (secondary N) is 1. The molecule has 0 amide bonds. The highest BCUT2D eigenvalue weighted by Crippen LogP contribution is 2.07. The van der Waals surface area contributed by atoms with Gasteiger partial charge in [0.05, 0.1) is 24.7 Å². The number of hydrogen-bond donors (Lipinski definition) is 2. The van der Waals surface area contributed by atoms with Crippen LogP contribution in [0.3, 0.4) is 0 Å². The average molecular weight is 216 g/mol. The Balaban J connectivity index is 2.46. The summed E-state index contributed by atoms with van der Waals surface area (Å²) in [7, 11) is 1.44. The Morgan fingerprint density at radius 1 is 1.87 bits per heavy atom. The van der Waals surface area contributed by atoms with Gasteiger partial charge in [-0.15, -0.1) is 0 Å². The summed E-state index contributed by atoms with van der Waals surface area (Å²) >= 11 is 0. The molecule has 1 atom stereocenters. The summed E-state index contributed by atoms with van der Waals surface area (Å²) in [4.78, 5) is 14.3. The largest absolute Gasteiger partial charge is 0.390 e. The maximum Gasteiger partial charge on any atom is 0.306 e. The third kappa shape index (κ3) is 3.62. The van der Waals surface area contributed by atoms with Crippen molar-refractivity contribution in [1.29, 1.82) is 0 Å². The standard InChI is InChI=1S/C7H12N4O4/c1-15-9-3-7(12)5-10-4-6(2-8-10)11(13)14/h2,4,7,9,12H,3,5H2,1H3. The van der Waals surface area contributed by atoms with Gasteiger partial charge in [0.25, 0.3) is 0 Å². The number of nitrogens with zero attached hydrogens (tertiary/aromatic N) is 3. The number of hydroxylamine groups is 1. The molecule has 0 saturated carbocycles. The highest BCUT2D eigenvalue weighted by atomic mass is 16.6. The predicted molar refractivity (Wildman–Crippen MR) is 49.9 cm³/mol. The molecule has 0 spiro atoms. The smallest absolute Gasteiger partial charge is 0.306 e. The van der Waals surface area contributed by atoms with Crippen molar-refractivity contribution < 1.29 is 14.9 Å². The third-order valence-corrected chi connectivity index (χ3v) is 1.69. The quantitative estimate of drug-likeness (QED) is 0.481. The van der Waals surface area contributed by atoms with Crippen molar-refractivity contribution in [3.05, 3.63) is 22.5 Å². The number of rotatable bonds is 6. The Labute approximate surface area is 85.6 Å². The molecule has 0 aliphatic heterocycles. The van der Waals surface area contributed by atoms with Gasteiger partial charge >= 0.3 is 5.69 Å². The van der Waals surface area contributed by atoms with Crippen molar-refractivity contribution in [2.75, 3.05) is 13.7 Å². The molecular weight excluding hydrogens is 204 g/mol. The molecule has 0 aromatic carbocycles. The highest BCUT2D eigenvalue weighted by Gasteiger charge is 2.11. The Morgan fingerprint density at radius 2 is 2.60 bits per heavy atom. The van der Waals surface area contributed by atoms with Gasteiger partial charge in [-0.1, -0.05) is 0 Å². The van der Waals surface area contributed by atoms with E-state index in [1.54, 1.807) is 0 Å². The summed E-state index contributed by atoms with van der Waals surface area (Å²) in [6, 6.07) is 0. The molecule has 8 nitrogen and oxygen atoms in total. The van der Waals surface area contributed by atoms with Crippen LogP contribution in [0.5, 0.6) is 0 Å². The molecule has 0 saturated heterocycles. The second-order valence-corrected chi connectivity index (χ2v) is 2.88. The van der Waals surface area contributed by atoms with Crippen LogP contribution < -0.4 is 5.48 Å². The Morgan fingerprint density at radius 3 is 3.13 bits per heavy atom. The Hall–Kier alpha value is -1.51. The molecule has 0 radical (unpaired) electrons. The SMILES string of the molecule is CONCC(O)Cn1cc([N+](=O)[O-])cn1. The van der Waals surface area contributed by atoms with Crippen molar-refractivity contribution in [3.63, 3.8) is 0 Å². The lowest BCUT2D eigenvalue weighted by Crippen LogP contribution is -2.29. The summed E-state index contributed by atoms with van der Waals surface area (Å²) in [5, 5.41) is 23.5. The molecular formula is C7H12N4O4. The monoisotopic (exact) mass is 216 g/mol. The molecule has 2 N–H and O–H groups in total. The van der Waals surface area contributed by atoms with E-state index in [1.807, 2.05) is 0 Å². The number of aliphatic hydroxyl groups excluding tert-OH is 1. The van der Waals surface area contributed by atoms with Crippen LogP contribution in [0.15, 0.2) is 12.4 Å². The Kier molecular flexibility index (Phi) is 4.16. The van der Waals surface area contributed by atoms with Gasteiger partial charge in [0.15, 0.2) is 0 Å². The molecule has 1 heterocycles. The zero-order valence-electron chi connectivity index (χ0n) is 8.16. The zero-order valence-corrected chi connectivity index (χ0v) is 8.16. The average Bonchev–Trinajstić information content (AvgIpc) is 2.63. The fourth-order valence-electron chi connectivity index (χ4n) is 1.01. The normalized spacial score (nSPS) is 12.7. The van der Waals surface area contributed by atoms with Crippen LogP contribution in [0.1, 0.15) is 0 Å². The van der Waals surface area contributed by atoms with E-state index in [-0.39, 0.29) is 18.8 Å². The van der Waals surface area contributed by atoms with Crippen LogP contribution in [-0.2, 0) is 11.4 Å². The first-order valence-electron chi connectivity index (χ1n) is 4.24. The minimum absolute atomic E-state index is 0.0955. The highest BCUT2D eigenvalue weighted by molar-refractivity contribution is 5.20. The molecule has 1 unspecified atom stereocenters. The van der Waals surface area contributed by atoms with Crippen LogP contribution >= 0.6 is 0 Å². The molecule has 0 aliphatic carbocycles. The van der Waals surface area contributed by atoms with E-state index in [2.05, 4.69) is 15.4 Å². The van der Waals surface area contributed by atoms with E-state index in [9.17, 15) is 15.2 Å². The van der Waals surface area contributed by atoms with Crippen LogP contribution in [0.2, 0.25) is 0 Å². The Bertz CT molecular complexity index is 327. The summed E-state index contributed by atoms with van der Waals surface area (Å²) in [5.74, 6) is 0. The van der Waals surface area contributed by atoms with Gasteiger partial charge < -0.3 is 9.94 Å². The lowest BCUT2D eigenvalue weighted by Gasteiger charge is -2.09. The number of nitro groups is 1. The van der Waals surface area contributed by atoms with Crippen LogP contribution in [0.25, 0.3) is 0 Å². The molecule has 1 aromatic heterocycles. The number of aromatic nitrogens is 2. The maximum absolute atomic E-state index is 10.3. The summed E-state index contributed by atoms with van der Waals surface area (Å²) in [6.07, 6.45) is 1.68. The van der Waals surface area contributed by atoms with Crippen molar-refractivity contribution in [2.24, 2.45) is 0 Å². The molecule has 1 aromatic rings. The number of aliphatic hydroxyl groups is 1. The maximum atomic E-state index is 10.3. The van der Waals surface area contributed by atoms with E-state index in [4.69, 9.17) is 0 Å². The van der Waals surface area contributed by atoms with Gasteiger partial charge in [0.2, 0.25) is 0 Å². The van der Waals surface area contributed by atoms with Crippen molar-refractivity contribution in [3.8, 4) is 0 Å². The first kappa shape index (κ1) is 11.6. The zero-order chi connectivity index (χ0) is 11.3. The third-order valence-electron chi connectivity index (χ3n) is 1.69. The second-order valence-electron chi connectivity index (χ2n) is 2.88. The summed E-state index contributed by atoms with van der Waals surface area (Å²) < 4.78 is 1.31. The van der Waals surface area contributed by atoms with Gasteiger partial charge in [-0.05, 0) is 0 Å². The van der Waals surface area contributed by atoms with Crippen LogP contribution in [-0.4, -0.2) is 39.6 Å². The second kappa shape index (κ2) is 5.39. The summed E-state index contributed by atoms with van der Waals surface area (Å²) in [5.41, 5.74) is 2.38.